The normalized spacial score (nSPS) is 17.5. The van der Waals surface area contributed by atoms with Gasteiger partial charge in [-0.15, -0.1) is 11.3 Å². The molecule has 0 radical (unpaired) electrons. The maximum Gasteiger partial charge on any atom is 0.254 e. The first-order chi connectivity index (χ1) is 10.1. The third kappa shape index (κ3) is 2.43. The number of anilines is 1. The Hall–Kier alpha value is -1.85. The lowest BCUT2D eigenvalue weighted by Crippen LogP contribution is -2.38. The van der Waals surface area contributed by atoms with Crippen molar-refractivity contribution in [2.24, 2.45) is 5.84 Å². The van der Waals surface area contributed by atoms with E-state index in [1.54, 1.807) is 11.3 Å². The largest absolute Gasteiger partial charge is 0.331 e. The highest BCUT2D eigenvalue weighted by Crippen LogP contribution is 2.33. The van der Waals surface area contributed by atoms with E-state index in [1.165, 1.54) is 10.4 Å². The van der Waals surface area contributed by atoms with Crippen LogP contribution in [0.3, 0.4) is 0 Å². The van der Waals surface area contributed by atoms with Crippen LogP contribution in [-0.2, 0) is 6.42 Å². The number of carbonyl (C=O) groups is 1. The highest BCUT2D eigenvalue weighted by molar-refractivity contribution is 7.10. The van der Waals surface area contributed by atoms with Crippen molar-refractivity contribution < 1.29 is 4.79 Å². The zero-order valence-corrected chi connectivity index (χ0v) is 13.0. The van der Waals surface area contributed by atoms with Crippen molar-refractivity contribution >= 4 is 22.9 Å². The number of carbonyl (C=O) groups excluding carboxylic acids is 1. The van der Waals surface area contributed by atoms with E-state index in [1.807, 2.05) is 30.0 Å². The van der Waals surface area contributed by atoms with Crippen molar-refractivity contribution in [1.82, 2.24) is 4.90 Å². The van der Waals surface area contributed by atoms with Crippen LogP contribution in [0.1, 0.15) is 39.3 Å². The van der Waals surface area contributed by atoms with Gasteiger partial charge in [-0.25, -0.2) is 0 Å². The number of hydrogen-bond acceptors (Lipinski definition) is 4. The summed E-state index contributed by atoms with van der Waals surface area (Å²) in [5.74, 6) is 5.53. The van der Waals surface area contributed by atoms with Gasteiger partial charge in [0.15, 0.2) is 0 Å². The number of fused-ring (bicyclic) bond motifs is 1. The molecule has 1 aliphatic heterocycles. The van der Waals surface area contributed by atoms with Crippen molar-refractivity contribution in [1.29, 1.82) is 0 Å². The maximum atomic E-state index is 12.8. The van der Waals surface area contributed by atoms with Crippen LogP contribution in [0.5, 0.6) is 0 Å². The Morgan fingerprint density at radius 2 is 2.24 bits per heavy atom. The third-order valence-electron chi connectivity index (χ3n) is 4.17. The first-order valence-corrected chi connectivity index (χ1v) is 7.94. The summed E-state index contributed by atoms with van der Waals surface area (Å²) in [5.41, 5.74) is 6.47. The highest BCUT2D eigenvalue weighted by Gasteiger charge is 2.29. The lowest BCUT2D eigenvalue weighted by Gasteiger charge is -2.33. The molecule has 2 heterocycles. The zero-order chi connectivity index (χ0) is 15.0. The van der Waals surface area contributed by atoms with E-state index in [-0.39, 0.29) is 11.9 Å². The van der Waals surface area contributed by atoms with E-state index in [4.69, 9.17) is 5.84 Å². The Kier molecular flexibility index (Phi) is 3.69. The van der Waals surface area contributed by atoms with Crippen molar-refractivity contribution in [3.63, 3.8) is 0 Å². The number of nitrogens with two attached hydrogens (primary N) is 1. The standard InChI is InChI=1S/C16H19N3OS/c1-10-9-12(3-4-14(10)18-17)16(20)19-7-5-15-13(11(19)2)6-8-21-15/h3-4,6,8-9,11,18H,5,7,17H2,1-2H3. The van der Waals surface area contributed by atoms with Gasteiger partial charge < -0.3 is 10.3 Å². The van der Waals surface area contributed by atoms with Crippen LogP contribution in [0.2, 0.25) is 0 Å². The van der Waals surface area contributed by atoms with Gasteiger partial charge in [-0.3, -0.25) is 10.6 Å². The molecular formula is C16H19N3OS. The summed E-state index contributed by atoms with van der Waals surface area (Å²) in [6, 6.07) is 7.86. The topological polar surface area (TPSA) is 58.4 Å². The number of nitrogens with one attached hydrogen (secondary N) is 1. The summed E-state index contributed by atoms with van der Waals surface area (Å²) in [4.78, 5) is 16.1. The summed E-state index contributed by atoms with van der Waals surface area (Å²) >= 11 is 1.79. The number of nitrogen functional groups attached to an aromatic ring is 1. The van der Waals surface area contributed by atoms with E-state index in [2.05, 4.69) is 23.8 Å². The predicted octanol–water partition coefficient (Wildman–Crippen LogP) is 3.10. The van der Waals surface area contributed by atoms with Crippen LogP contribution in [-0.4, -0.2) is 17.4 Å². The molecule has 0 aliphatic carbocycles. The monoisotopic (exact) mass is 301 g/mol. The number of rotatable bonds is 2. The molecule has 0 saturated carbocycles. The zero-order valence-electron chi connectivity index (χ0n) is 12.2. The lowest BCUT2D eigenvalue weighted by atomic mass is 10.00. The van der Waals surface area contributed by atoms with Crippen LogP contribution < -0.4 is 11.3 Å². The second-order valence-corrected chi connectivity index (χ2v) is 6.40. The molecule has 0 fully saturated rings. The molecule has 1 aromatic carbocycles. The number of thiophene rings is 1. The van der Waals surface area contributed by atoms with Gasteiger partial charge in [0, 0.05) is 17.0 Å². The molecule has 0 saturated heterocycles. The average Bonchev–Trinajstić information content (AvgIpc) is 2.96. The molecule has 21 heavy (non-hydrogen) atoms. The van der Waals surface area contributed by atoms with E-state index in [9.17, 15) is 4.79 Å². The molecule has 1 aromatic heterocycles. The maximum absolute atomic E-state index is 12.8. The molecule has 2 aromatic rings. The van der Waals surface area contributed by atoms with E-state index in [0.717, 1.165) is 29.8 Å². The predicted molar refractivity (Wildman–Crippen MR) is 86.5 cm³/mol. The Bertz CT molecular complexity index is 680. The molecule has 0 bridgehead atoms. The first-order valence-electron chi connectivity index (χ1n) is 7.06. The third-order valence-corrected chi connectivity index (χ3v) is 5.16. The van der Waals surface area contributed by atoms with E-state index in [0.29, 0.717) is 0 Å². The summed E-state index contributed by atoms with van der Waals surface area (Å²) in [5, 5.41) is 2.11. The summed E-state index contributed by atoms with van der Waals surface area (Å²) in [7, 11) is 0. The van der Waals surface area contributed by atoms with Crippen LogP contribution in [0.25, 0.3) is 0 Å². The minimum Gasteiger partial charge on any atom is -0.331 e. The molecule has 1 aliphatic rings. The molecular weight excluding hydrogens is 282 g/mol. The van der Waals surface area contributed by atoms with Gasteiger partial charge in [-0.05, 0) is 61.0 Å². The number of aryl methyl sites for hydroxylation is 1. The molecule has 0 spiro atoms. The van der Waals surface area contributed by atoms with E-state index >= 15 is 0 Å². The summed E-state index contributed by atoms with van der Waals surface area (Å²) in [6.45, 7) is 4.83. The highest BCUT2D eigenvalue weighted by atomic mass is 32.1. The number of amides is 1. The minimum absolute atomic E-state index is 0.0889. The van der Waals surface area contributed by atoms with Crippen molar-refractivity contribution in [3.8, 4) is 0 Å². The fourth-order valence-corrected chi connectivity index (χ4v) is 3.87. The minimum atomic E-state index is 0.0889. The number of nitrogens with zero attached hydrogens (tertiary/aromatic N) is 1. The molecule has 1 unspecified atom stereocenters. The van der Waals surface area contributed by atoms with Gasteiger partial charge >= 0.3 is 0 Å². The molecule has 1 atom stereocenters. The van der Waals surface area contributed by atoms with Gasteiger partial charge in [-0.2, -0.15) is 0 Å². The van der Waals surface area contributed by atoms with Gasteiger partial charge in [0.05, 0.1) is 11.7 Å². The summed E-state index contributed by atoms with van der Waals surface area (Å²) in [6.07, 6.45) is 0.949. The quantitative estimate of drug-likeness (QED) is 0.662. The van der Waals surface area contributed by atoms with Crippen LogP contribution >= 0.6 is 11.3 Å². The van der Waals surface area contributed by atoms with Crippen molar-refractivity contribution in [2.45, 2.75) is 26.3 Å². The van der Waals surface area contributed by atoms with Gasteiger partial charge in [0.2, 0.25) is 0 Å². The van der Waals surface area contributed by atoms with E-state index < -0.39 is 0 Å². The van der Waals surface area contributed by atoms with Crippen molar-refractivity contribution in [2.75, 3.05) is 12.0 Å². The number of hydrogen-bond donors (Lipinski definition) is 2. The molecule has 3 N–H and O–H groups in total. The Balaban J connectivity index is 1.88. The number of hydrazine groups is 1. The van der Waals surface area contributed by atoms with Gasteiger partial charge in [0.25, 0.3) is 5.91 Å². The molecule has 110 valence electrons. The Labute approximate surface area is 128 Å². The van der Waals surface area contributed by atoms with Gasteiger partial charge in [-0.1, -0.05) is 0 Å². The Morgan fingerprint density at radius 3 is 2.95 bits per heavy atom. The average molecular weight is 301 g/mol. The fraction of sp³-hybridized carbons (Fsp3) is 0.312. The number of benzene rings is 1. The second-order valence-electron chi connectivity index (χ2n) is 5.40. The van der Waals surface area contributed by atoms with Gasteiger partial charge in [0.1, 0.15) is 0 Å². The second kappa shape index (κ2) is 5.50. The lowest BCUT2D eigenvalue weighted by molar-refractivity contribution is 0.0679. The summed E-state index contributed by atoms with van der Waals surface area (Å²) < 4.78 is 0. The fourth-order valence-electron chi connectivity index (χ4n) is 2.91. The molecule has 4 nitrogen and oxygen atoms in total. The first kappa shape index (κ1) is 14.1. The molecule has 5 heteroatoms. The Morgan fingerprint density at radius 1 is 1.43 bits per heavy atom. The smallest absolute Gasteiger partial charge is 0.254 e. The van der Waals surface area contributed by atoms with Crippen LogP contribution in [0.4, 0.5) is 5.69 Å². The SMILES string of the molecule is Cc1cc(C(=O)N2CCc3sccc3C2C)ccc1NN. The molecule has 3 rings (SSSR count). The van der Waals surface area contributed by atoms with Crippen molar-refractivity contribution in [3.05, 3.63) is 51.2 Å². The molecule has 1 amide bonds. The van der Waals surface area contributed by atoms with Crippen LogP contribution in [0, 0.1) is 6.92 Å². The van der Waals surface area contributed by atoms with Crippen LogP contribution in [0.15, 0.2) is 29.6 Å².